The summed E-state index contributed by atoms with van der Waals surface area (Å²) in [6, 6.07) is 6.94. The maximum absolute atomic E-state index is 11.0. The SMILES string of the molecule is NC(=O)c1cccc(-n2cnc(N)c2)c1. The first-order valence-corrected chi connectivity index (χ1v) is 4.36. The number of benzene rings is 1. The number of hydrogen-bond donors (Lipinski definition) is 2. The van der Waals surface area contributed by atoms with Crippen molar-refractivity contribution in [1.82, 2.24) is 9.55 Å². The summed E-state index contributed by atoms with van der Waals surface area (Å²) in [7, 11) is 0. The Morgan fingerprint density at radius 2 is 2.20 bits per heavy atom. The molecule has 2 rings (SSSR count). The van der Waals surface area contributed by atoms with E-state index in [2.05, 4.69) is 4.98 Å². The molecule has 15 heavy (non-hydrogen) atoms. The first kappa shape index (κ1) is 9.26. The molecule has 0 radical (unpaired) electrons. The maximum Gasteiger partial charge on any atom is 0.248 e. The zero-order chi connectivity index (χ0) is 10.8. The van der Waals surface area contributed by atoms with Gasteiger partial charge in [0.15, 0.2) is 0 Å². The van der Waals surface area contributed by atoms with Crippen molar-refractivity contribution in [2.45, 2.75) is 0 Å². The fourth-order valence-electron chi connectivity index (χ4n) is 1.30. The second-order valence-corrected chi connectivity index (χ2v) is 3.12. The summed E-state index contributed by atoms with van der Waals surface area (Å²) in [4.78, 5) is 14.9. The number of carbonyl (C=O) groups is 1. The number of nitrogen functional groups attached to an aromatic ring is 1. The average Bonchev–Trinajstić information content (AvgIpc) is 2.65. The van der Waals surface area contributed by atoms with Crippen LogP contribution in [0.1, 0.15) is 10.4 Å². The second kappa shape index (κ2) is 3.45. The molecule has 1 amide bonds. The maximum atomic E-state index is 11.0. The predicted octanol–water partition coefficient (Wildman–Crippen LogP) is 0.553. The Morgan fingerprint density at radius 3 is 2.80 bits per heavy atom. The molecular formula is C10H10N4O. The molecule has 0 spiro atoms. The van der Waals surface area contributed by atoms with Gasteiger partial charge in [-0.25, -0.2) is 4.98 Å². The quantitative estimate of drug-likeness (QED) is 0.745. The third-order valence-electron chi connectivity index (χ3n) is 2.03. The first-order valence-electron chi connectivity index (χ1n) is 4.36. The molecule has 1 heterocycles. The summed E-state index contributed by atoms with van der Waals surface area (Å²) in [5.74, 6) is -0.0237. The molecule has 0 fully saturated rings. The van der Waals surface area contributed by atoms with Gasteiger partial charge in [0.1, 0.15) is 12.1 Å². The number of imidazole rings is 1. The molecule has 0 aliphatic heterocycles. The van der Waals surface area contributed by atoms with Crippen LogP contribution in [-0.4, -0.2) is 15.5 Å². The Balaban J connectivity index is 2.45. The van der Waals surface area contributed by atoms with Gasteiger partial charge in [-0.1, -0.05) is 6.07 Å². The molecule has 0 saturated heterocycles. The summed E-state index contributed by atoms with van der Waals surface area (Å²) < 4.78 is 1.72. The van der Waals surface area contributed by atoms with Gasteiger partial charge < -0.3 is 16.0 Å². The highest BCUT2D eigenvalue weighted by molar-refractivity contribution is 5.93. The molecule has 0 aliphatic carbocycles. The fraction of sp³-hybridized carbons (Fsp3) is 0. The van der Waals surface area contributed by atoms with Crippen molar-refractivity contribution in [3.8, 4) is 5.69 Å². The number of aromatic nitrogens is 2. The molecule has 76 valence electrons. The smallest absolute Gasteiger partial charge is 0.248 e. The number of primary amides is 1. The lowest BCUT2D eigenvalue weighted by Crippen LogP contribution is -2.11. The van der Waals surface area contributed by atoms with E-state index in [1.54, 1.807) is 35.3 Å². The molecule has 1 aromatic carbocycles. The Bertz CT molecular complexity index is 504. The van der Waals surface area contributed by atoms with Crippen LogP contribution in [0, 0.1) is 0 Å². The van der Waals surface area contributed by atoms with Crippen LogP contribution in [0.5, 0.6) is 0 Å². The number of hydrogen-bond acceptors (Lipinski definition) is 3. The number of carbonyl (C=O) groups excluding carboxylic acids is 1. The lowest BCUT2D eigenvalue weighted by atomic mass is 10.2. The van der Waals surface area contributed by atoms with Gasteiger partial charge in [-0.05, 0) is 18.2 Å². The van der Waals surface area contributed by atoms with Gasteiger partial charge in [-0.2, -0.15) is 0 Å². The Labute approximate surface area is 86.3 Å². The predicted molar refractivity (Wildman–Crippen MR) is 56.5 cm³/mol. The van der Waals surface area contributed by atoms with E-state index >= 15 is 0 Å². The van der Waals surface area contributed by atoms with Crippen LogP contribution < -0.4 is 11.5 Å². The van der Waals surface area contributed by atoms with E-state index in [1.807, 2.05) is 6.07 Å². The van der Waals surface area contributed by atoms with Crippen LogP contribution in [0.3, 0.4) is 0 Å². The van der Waals surface area contributed by atoms with Crippen molar-refractivity contribution in [1.29, 1.82) is 0 Å². The van der Waals surface area contributed by atoms with Crippen LogP contribution in [0.4, 0.5) is 5.82 Å². The van der Waals surface area contributed by atoms with Crippen molar-refractivity contribution in [3.05, 3.63) is 42.4 Å². The van der Waals surface area contributed by atoms with Gasteiger partial charge in [-0.15, -0.1) is 0 Å². The Morgan fingerprint density at radius 1 is 1.40 bits per heavy atom. The molecular weight excluding hydrogens is 192 g/mol. The van der Waals surface area contributed by atoms with Crippen LogP contribution >= 0.6 is 0 Å². The number of nitrogens with two attached hydrogens (primary N) is 2. The zero-order valence-corrected chi connectivity index (χ0v) is 7.92. The molecule has 5 heteroatoms. The first-order chi connectivity index (χ1) is 7.16. The monoisotopic (exact) mass is 202 g/mol. The largest absolute Gasteiger partial charge is 0.382 e. The van der Waals surface area contributed by atoms with Gasteiger partial charge >= 0.3 is 0 Å². The van der Waals surface area contributed by atoms with E-state index in [0.717, 1.165) is 5.69 Å². The minimum atomic E-state index is -0.454. The molecule has 0 aliphatic rings. The number of amides is 1. The summed E-state index contributed by atoms with van der Waals surface area (Å²) in [6.07, 6.45) is 3.25. The minimum Gasteiger partial charge on any atom is -0.382 e. The lowest BCUT2D eigenvalue weighted by Gasteiger charge is -2.02. The average molecular weight is 202 g/mol. The molecule has 0 bridgehead atoms. The standard InChI is InChI=1S/C10H10N4O/c11-9-5-14(6-13-9)8-3-1-2-7(4-8)10(12)15/h1-6H,11H2,(H2,12,15). The summed E-state index contributed by atoms with van der Waals surface area (Å²) in [5.41, 5.74) is 11.9. The van der Waals surface area contributed by atoms with Crippen molar-refractivity contribution < 1.29 is 4.79 Å². The molecule has 0 saturated carbocycles. The fourth-order valence-corrected chi connectivity index (χ4v) is 1.30. The van der Waals surface area contributed by atoms with Crippen molar-refractivity contribution >= 4 is 11.7 Å². The molecule has 0 atom stereocenters. The van der Waals surface area contributed by atoms with Gasteiger partial charge in [0.25, 0.3) is 0 Å². The van der Waals surface area contributed by atoms with Crippen LogP contribution in [0.2, 0.25) is 0 Å². The summed E-state index contributed by atoms with van der Waals surface area (Å²) in [5, 5.41) is 0. The number of nitrogens with zero attached hydrogens (tertiary/aromatic N) is 2. The zero-order valence-electron chi connectivity index (χ0n) is 7.92. The van der Waals surface area contributed by atoms with E-state index in [-0.39, 0.29) is 0 Å². The summed E-state index contributed by atoms with van der Waals surface area (Å²) in [6.45, 7) is 0. The second-order valence-electron chi connectivity index (χ2n) is 3.12. The van der Waals surface area contributed by atoms with Crippen LogP contribution in [-0.2, 0) is 0 Å². The molecule has 1 aromatic heterocycles. The topological polar surface area (TPSA) is 86.9 Å². The van der Waals surface area contributed by atoms with E-state index in [9.17, 15) is 4.79 Å². The Kier molecular flexibility index (Phi) is 2.13. The van der Waals surface area contributed by atoms with E-state index < -0.39 is 5.91 Å². The van der Waals surface area contributed by atoms with E-state index in [4.69, 9.17) is 11.5 Å². The number of rotatable bonds is 2. The third-order valence-corrected chi connectivity index (χ3v) is 2.03. The van der Waals surface area contributed by atoms with E-state index in [1.165, 1.54) is 0 Å². The minimum absolute atomic E-state index is 0.430. The van der Waals surface area contributed by atoms with Crippen molar-refractivity contribution in [2.75, 3.05) is 5.73 Å². The normalized spacial score (nSPS) is 10.1. The highest BCUT2D eigenvalue weighted by Crippen LogP contribution is 2.11. The molecule has 5 nitrogen and oxygen atoms in total. The van der Waals surface area contributed by atoms with Gasteiger partial charge in [0.2, 0.25) is 5.91 Å². The number of anilines is 1. The van der Waals surface area contributed by atoms with Crippen molar-refractivity contribution in [2.24, 2.45) is 5.73 Å². The van der Waals surface area contributed by atoms with E-state index in [0.29, 0.717) is 11.4 Å². The van der Waals surface area contributed by atoms with Crippen LogP contribution in [0.25, 0.3) is 5.69 Å². The summed E-state index contributed by atoms with van der Waals surface area (Å²) >= 11 is 0. The Hall–Kier alpha value is -2.30. The van der Waals surface area contributed by atoms with Gasteiger partial charge in [-0.3, -0.25) is 4.79 Å². The highest BCUT2D eigenvalue weighted by atomic mass is 16.1. The van der Waals surface area contributed by atoms with Gasteiger partial charge in [0.05, 0.1) is 6.20 Å². The molecule has 2 aromatic rings. The molecule has 4 N–H and O–H groups in total. The third kappa shape index (κ3) is 1.80. The van der Waals surface area contributed by atoms with Crippen molar-refractivity contribution in [3.63, 3.8) is 0 Å². The van der Waals surface area contributed by atoms with Crippen LogP contribution in [0.15, 0.2) is 36.8 Å². The van der Waals surface area contributed by atoms with Gasteiger partial charge in [0, 0.05) is 11.3 Å². The highest BCUT2D eigenvalue weighted by Gasteiger charge is 2.02. The molecule has 0 unspecified atom stereocenters. The lowest BCUT2D eigenvalue weighted by molar-refractivity contribution is 0.100.